The summed E-state index contributed by atoms with van der Waals surface area (Å²) in [5.41, 5.74) is 2.38. The smallest absolute Gasteiger partial charge is 0.119 e. The van der Waals surface area contributed by atoms with Crippen LogP contribution in [-0.4, -0.2) is 18.3 Å². The van der Waals surface area contributed by atoms with Crippen molar-refractivity contribution in [1.82, 2.24) is 0 Å². The maximum atomic E-state index is 8.82. The highest BCUT2D eigenvalue weighted by Gasteiger charge is 1.99. The van der Waals surface area contributed by atoms with Crippen LogP contribution in [0.25, 0.3) is 0 Å². The Morgan fingerprint density at radius 3 is 2.59 bits per heavy atom. The summed E-state index contributed by atoms with van der Waals surface area (Å²) in [7, 11) is 0. The second-order valence-electron chi connectivity index (χ2n) is 4.16. The number of hydrogen-bond donors (Lipinski definition) is 1. The third-order valence-corrected chi connectivity index (χ3v) is 2.80. The molecule has 0 aromatic heterocycles. The molecule has 2 heteroatoms. The third kappa shape index (κ3) is 3.75. The number of ether oxygens (including phenoxy) is 1. The lowest BCUT2D eigenvalue weighted by atomic mass is 10.1. The van der Waals surface area contributed by atoms with E-state index in [1.807, 2.05) is 24.3 Å². The van der Waals surface area contributed by atoms with Crippen LogP contribution in [0.3, 0.4) is 0 Å². The molecule has 2 rings (SSSR count). The van der Waals surface area contributed by atoms with Gasteiger partial charge in [0.15, 0.2) is 0 Å². The van der Waals surface area contributed by atoms with E-state index in [-0.39, 0.29) is 6.61 Å². The molecule has 0 bridgehead atoms. The largest absolute Gasteiger partial charge is 0.489 e. The zero-order valence-corrected chi connectivity index (χ0v) is 9.93. The zero-order valence-electron chi connectivity index (χ0n) is 9.93. The summed E-state index contributed by atoms with van der Waals surface area (Å²) in [6.07, 6.45) is 9.49. The quantitative estimate of drug-likeness (QED) is 0.842. The third-order valence-electron chi connectivity index (χ3n) is 2.80. The summed E-state index contributed by atoms with van der Waals surface area (Å²) < 4.78 is 5.70. The van der Waals surface area contributed by atoms with Crippen LogP contribution >= 0.6 is 0 Å². The zero-order chi connectivity index (χ0) is 11.9. The van der Waals surface area contributed by atoms with Gasteiger partial charge in [-0.25, -0.2) is 0 Å². The lowest BCUT2D eigenvalue weighted by Gasteiger charge is -2.09. The molecular weight excluding hydrogens is 212 g/mol. The first-order valence-corrected chi connectivity index (χ1v) is 6.06. The highest BCUT2D eigenvalue weighted by Crippen LogP contribution is 2.15. The van der Waals surface area contributed by atoms with Crippen molar-refractivity contribution in [2.24, 2.45) is 0 Å². The minimum atomic E-state index is 0.192. The van der Waals surface area contributed by atoms with E-state index in [1.54, 1.807) is 0 Å². The first-order chi connectivity index (χ1) is 8.38. The highest BCUT2D eigenvalue weighted by atomic mass is 16.5. The molecule has 0 saturated heterocycles. The Hall–Kier alpha value is -1.54. The summed E-state index contributed by atoms with van der Waals surface area (Å²) >= 11 is 0. The fourth-order valence-electron chi connectivity index (χ4n) is 1.82. The van der Waals surface area contributed by atoms with Crippen LogP contribution in [0.15, 0.2) is 48.1 Å². The van der Waals surface area contributed by atoms with Gasteiger partial charge in [0, 0.05) is 6.61 Å². The number of aliphatic hydroxyl groups is 1. The lowest BCUT2D eigenvalue weighted by Crippen LogP contribution is -2.01. The van der Waals surface area contributed by atoms with Gasteiger partial charge in [-0.05, 0) is 42.5 Å². The maximum absolute atomic E-state index is 8.82. The number of benzene rings is 1. The van der Waals surface area contributed by atoms with Crippen LogP contribution in [0.4, 0.5) is 0 Å². The Morgan fingerprint density at radius 1 is 1.12 bits per heavy atom. The molecule has 1 aromatic carbocycles. The van der Waals surface area contributed by atoms with E-state index in [0.29, 0.717) is 13.0 Å². The topological polar surface area (TPSA) is 29.5 Å². The summed E-state index contributed by atoms with van der Waals surface area (Å²) in [6, 6.07) is 7.91. The van der Waals surface area contributed by atoms with E-state index in [1.165, 1.54) is 5.57 Å². The first kappa shape index (κ1) is 11.9. The number of rotatable bonds is 5. The van der Waals surface area contributed by atoms with E-state index in [2.05, 4.69) is 18.2 Å². The summed E-state index contributed by atoms with van der Waals surface area (Å²) in [5.74, 6) is 0.881. The predicted octanol–water partition coefficient (Wildman–Crippen LogP) is 2.88. The average Bonchev–Trinajstić information content (AvgIpc) is 2.40. The number of allylic oxidation sites excluding steroid dienone is 2. The molecule has 0 atom stereocenters. The van der Waals surface area contributed by atoms with Crippen LogP contribution in [0.5, 0.6) is 5.75 Å². The monoisotopic (exact) mass is 230 g/mol. The minimum absolute atomic E-state index is 0.192. The van der Waals surface area contributed by atoms with Crippen molar-refractivity contribution in [2.75, 3.05) is 13.2 Å². The fraction of sp³-hybridized carbons (Fsp3) is 0.333. The average molecular weight is 230 g/mol. The Bertz CT molecular complexity index is 401. The van der Waals surface area contributed by atoms with Gasteiger partial charge in [0.25, 0.3) is 0 Å². The van der Waals surface area contributed by atoms with Crippen molar-refractivity contribution in [1.29, 1.82) is 0 Å². The van der Waals surface area contributed by atoms with Gasteiger partial charge in [0.2, 0.25) is 0 Å². The number of aliphatic hydroxyl groups excluding tert-OH is 1. The molecule has 2 nitrogen and oxygen atoms in total. The second-order valence-corrected chi connectivity index (χ2v) is 4.16. The van der Waals surface area contributed by atoms with Crippen molar-refractivity contribution in [2.45, 2.75) is 19.3 Å². The number of hydrogen-bond acceptors (Lipinski definition) is 2. The van der Waals surface area contributed by atoms with Crippen molar-refractivity contribution in [3.05, 3.63) is 53.6 Å². The van der Waals surface area contributed by atoms with Crippen molar-refractivity contribution in [3.8, 4) is 5.75 Å². The molecule has 0 saturated carbocycles. The van der Waals surface area contributed by atoms with E-state index in [9.17, 15) is 0 Å². The Balaban J connectivity index is 1.86. The van der Waals surface area contributed by atoms with Crippen molar-refractivity contribution < 1.29 is 9.84 Å². The molecule has 0 aliphatic heterocycles. The summed E-state index contributed by atoms with van der Waals surface area (Å²) in [4.78, 5) is 0. The molecule has 0 heterocycles. The van der Waals surface area contributed by atoms with Gasteiger partial charge in [-0.1, -0.05) is 30.4 Å². The van der Waals surface area contributed by atoms with E-state index < -0.39 is 0 Å². The minimum Gasteiger partial charge on any atom is -0.489 e. The fourth-order valence-corrected chi connectivity index (χ4v) is 1.82. The molecule has 1 aliphatic carbocycles. The molecule has 0 fully saturated rings. The molecule has 1 aromatic rings. The van der Waals surface area contributed by atoms with Crippen LogP contribution in [0, 0.1) is 0 Å². The van der Waals surface area contributed by atoms with Crippen molar-refractivity contribution >= 4 is 0 Å². The Labute approximate surface area is 102 Å². The maximum Gasteiger partial charge on any atom is 0.119 e. The van der Waals surface area contributed by atoms with Crippen molar-refractivity contribution in [3.63, 3.8) is 0 Å². The second kappa shape index (κ2) is 6.26. The standard InChI is InChI=1S/C15H18O2/c16-11-10-13-6-8-15(9-7-13)17-12-14-4-2-1-3-5-14/h2,4-9,16H,1,3,10-12H2. The molecular formula is C15H18O2. The Morgan fingerprint density at radius 2 is 1.94 bits per heavy atom. The SMILES string of the molecule is OCCc1ccc(OCC2=CCCC=C2)cc1. The molecule has 17 heavy (non-hydrogen) atoms. The molecule has 0 amide bonds. The highest BCUT2D eigenvalue weighted by molar-refractivity contribution is 5.29. The van der Waals surface area contributed by atoms with Gasteiger partial charge >= 0.3 is 0 Å². The van der Waals surface area contributed by atoms with Crippen LogP contribution in [0.1, 0.15) is 18.4 Å². The summed E-state index contributed by atoms with van der Waals surface area (Å²) in [5, 5.41) is 8.82. The van der Waals surface area contributed by atoms with E-state index in [4.69, 9.17) is 9.84 Å². The molecule has 0 radical (unpaired) electrons. The van der Waals surface area contributed by atoms with Crippen LogP contribution in [-0.2, 0) is 6.42 Å². The van der Waals surface area contributed by atoms with Crippen LogP contribution in [0.2, 0.25) is 0 Å². The van der Waals surface area contributed by atoms with E-state index >= 15 is 0 Å². The lowest BCUT2D eigenvalue weighted by molar-refractivity contribution is 0.299. The molecule has 1 N–H and O–H groups in total. The first-order valence-electron chi connectivity index (χ1n) is 6.06. The van der Waals surface area contributed by atoms with Gasteiger partial charge in [0.05, 0.1) is 0 Å². The molecule has 1 aliphatic rings. The van der Waals surface area contributed by atoms with Crippen LogP contribution < -0.4 is 4.74 Å². The molecule has 0 unspecified atom stereocenters. The van der Waals surface area contributed by atoms with E-state index in [0.717, 1.165) is 24.2 Å². The Kier molecular flexibility index (Phi) is 4.39. The van der Waals surface area contributed by atoms with Gasteiger partial charge in [-0.3, -0.25) is 0 Å². The van der Waals surface area contributed by atoms with Gasteiger partial charge in [-0.15, -0.1) is 0 Å². The van der Waals surface area contributed by atoms with Gasteiger partial charge < -0.3 is 9.84 Å². The van der Waals surface area contributed by atoms with Gasteiger partial charge in [-0.2, -0.15) is 0 Å². The summed E-state index contributed by atoms with van der Waals surface area (Å²) in [6.45, 7) is 0.827. The molecule has 90 valence electrons. The predicted molar refractivity (Wildman–Crippen MR) is 69.2 cm³/mol. The van der Waals surface area contributed by atoms with Gasteiger partial charge in [0.1, 0.15) is 12.4 Å². The normalized spacial score (nSPS) is 14.5. The molecule has 0 spiro atoms.